The predicted molar refractivity (Wildman–Crippen MR) is 134 cm³/mol. The zero-order valence-corrected chi connectivity index (χ0v) is 22.5. The fraction of sp³-hybridized carbons (Fsp3) is 0.519. The average molecular weight is 566 g/mol. The van der Waals surface area contributed by atoms with E-state index in [1.807, 2.05) is 45.0 Å². The lowest BCUT2D eigenvalue weighted by atomic mass is 9.78. The van der Waals surface area contributed by atoms with Crippen molar-refractivity contribution in [3.05, 3.63) is 48.0 Å². The van der Waals surface area contributed by atoms with E-state index in [1.165, 1.54) is 0 Å². The van der Waals surface area contributed by atoms with Gasteiger partial charge in [-0.05, 0) is 62.9 Å². The van der Waals surface area contributed by atoms with E-state index in [-0.39, 0.29) is 17.4 Å². The summed E-state index contributed by atoms with van der Waals surface area (Å²) in [5.41, 5.74) is -0.415. The Morgan fingerprint density at radius 1 is 1.08 bits per heavy atom. The average Bonchev–Trinajstić information content (AvgIpc) is 3.45. The SMILES string of the molecule is CC(OC(=O)C1C2CC3C1C(=O)N(C(C)(C)C)C3C2OC(=O)c1ccc2ccccc2c1)C(F)(F)S(=O)(=O)O. The van der Waals surface area contributed by atoms with Gasteiger partial charge in [0.15, 0.2) is 6.10 Å². The molecule has 0 aromatic heterocycles. The van der Waals surface area contributed by atoms with Crippen molar-refractivity contribution in [3.63, 3.8) is 0 Å². The molecule has 2 saturated carbocycles. The Bertz CT molecular complexity index is 1470. The smallest absolute Gasteiger partial charge is 0.405 e. The molecule has 39 heavy (non-hydrogen) atoms. The number of carbonyl (C=O) groups is 3. The molecule has 1 amide bonds. The molecule has 0 radical (unpaired) electrons. The first-order chi connectivity index (χ1) is 18.0. The van der Waals surface area contributed by atoms with Gasteiger partial charge < -0.3 is 14.4 Å². The third kappa shape index (κ3) is 4.28. The molecule has 12 heteroatoms. The Kier molecular flexibility index (Phi) is 6.30. The molecule has 7 atom stereocenters. The maximum atomic E-state index is 14.1. The molecule has 210 valence electrons. The summed E-state index contributed by atoms with van der Waals surface area (Å²) in [4.78, 5) is 41.7. The number of halogens is 2. The first-order valence-corrected chi connectivity index (χ1v) is 14.1. The van der Waals surface area contributed by atoms with Crippen molar-refractivity contribution < 1.29 is 45.6 Å². The number of amides is 1. The van der Waals surface area contributed by atoms with Crippen LogP contribution in [-0.2, 0) is 29.2 Å². The van der Waals surface area contributed by atoms with E-state index in [9.17, 15) is 31.6 Å². The van der Waals surface area contributed by atoms with Gasteiger partial charge in [0.2, 0.25) is 5.91 Å². The van der Waals surface area contributed by atoms with E-state index < -0.39 is 68.9 Å². The highest BCUT2D eigenvalue weighted by molar-refractivity contribution is 7.86. The summed E-state index contributed by atoms with van der Waals surface area (Å²) in [6.07, 6.45) is -3.10. The first-order valence-electron chi connectivity index (χ1n) is 12.6. The second-order valence-corrected chi connectivity index (χ2v) is 13.0. The highest BCUT2D eigenvalue weighted by atomic mass is 32.2. The number of hydrogen-bond donors (Lipinski definition) is 1. The van der Waals surface area contributed by atoms with Crippen LogP contribution in [0.2, 0.25) is 0 Å². The molecule has 9 nitrogen and oxygen atoms in total. The predicted octanol–water partition coefficient (Wildman–Crippen LogP) is 3.67. The standard InChI is InChI=1S/C27H29F2NO8S/c1-13(27(28,29)39(34,35)36)37-25(33)20-18-12-17-19(20)23(31)30(26(2,3)4)21(17)22(18)38-24(32)16-10-9-14-7-5-6-8-15(14)11-16/h5-11,13,17-22H,12H2,1-4H3,(H,34,35,36). The van der Waals surface area contributed by atoms with Crippen molar-refractivity contribution in [2.24, 2.45) is 23.7 Å². The van der Waals surface area contributed by atoms with E-state index in [4.69, 9.17) is 14.0 Å². The number of esters is 2. The minimum Gasteiger partial charge on any atom is -0.456 e. The second kappa shape index (κ2) is 8.95. The topological polar surface area (TPSA) is 127 Å². The van der Waals surface area contributed by atoms with E-state index in [0.29, 0.717) is 13.3 Å². The van der Waals surface area contributed by atoms with Crippen molar-refractivity contribution >= 4 is 38.7 Å². The summed E-state index contributed by atoms with van der Waals surface area (Å²) in [6, 6.07) is 12.0. The minimum absolute atomic E-state index is 0.278. The number of fused-ring (bicyclic) bond motifs is 2. The lowest BCUT2D eigenvalue weighted by molar-refractivity contribution is -0.170. The maximum Gasteiger partial charge on any atom is 0.405 e. The van der Waals surface area contributed by atoms with Gasteiger partial charge in [0, 0.05) is 11.5 Å². The van der Waals surface area contributed by atoms with Crippen molar-refractivity contribution in [1.82, 2.24) is 4.90 Å². The van der Waals surface area contributed by atoms with Crippen LogP contribution >= 0.6 is 0 Å². The molecular formula is C27H29F2NO8S. The number of rotatable bonds is 6. The monoisotopic (exact) mass is 565 g/mol. The van der Waals surface area contributed by atoms with Crippen LogP contribution in [0.5, 0.6) is 0 Å². The number of alkyl halides is 2. The zero-order chi connectivity index (χ0) is 28.7. The van der Waals surface area contributed by atoms with Crippen LogP contribution in [0.25, 0.3) is 10.8 Å². The van der Waals surface area contributed by atoms with Crippen LogP contribution in [0.3, 0.4) is 0 Å². The molecule has 3 fully saturated rings. The highest BCUT2D eigenvalue weighted by Crippen LogP contribution is 2.61. The van der Waals surface area contributed by atoms with Crippen LogP contribution in [0.15, 0.2) is 42.5 Å². The summed E-state index contributed by atoms with van der Waals surface area (Å²) < 4.78 is 70.3. The van der Waals surface area contributed by atoms with Crippen LogP contribution in [-0.4, -0.2) is 64.8 Å². The number of ether oxygens (including phenoxy) is 2. The van der Waals surface area contributed by atoms with Crippen molar-refractivity contribution in [2.45, 2.75) is 63.2 Å². The van der Waals surface area contributed by atoms with Crippen LogP contribution < -0.4 is 0 Å². The van der Waals surface area contributed by atoms with Gasteiger partial charge >= 0.3 is 27.3 Å². The number of hydrogen-bond acceptors (Lipinski definition) is 7. The Balaban J connectivity index is 1.46. The van der Waals surface area contributed by atoms with Crippen LogP contribution in [0, 0.1) is 23.7 Å². The van der Waals surface area contributed by atoms with Gasteiger partial charge in [-0.2, -0.15) is 17.2 Å². The summed E-state index contributed by atoms with van der Waals surface area (Å²) in [6.45, 7) is 6.09. The number of nitrogens with zero attached hydrogens (tertiary/aromatic N) is 1. The zero-order valence-electron chi connectivity index (χ0n) is 21.7. The molecule has 3 aliphatic rings. The summed E-state index contributed by atoms with van der Waals surface area (Å²) in [5.74, 6) is -5.41. The molecule has 1 heterocycles. The Morgan fingerprint density at radius 2 is 1.72 bits per heavy atom. The molecular weight excluding hydrogens is 536 g/mol. The Labute approximate surface area is 224 Å². The fourth-order valence-corrected chi connectivity index (χ4v) is 7.07. The van der Waals surface area contributed by atoms with Crippen molar-refractivity contribution in [3.8, 4) is 0 Å². The van der Waals surface area contributed by atoms with E-state index >= 15 is 0 Å². The summed E-state index contributed by atoms with van der Waals surface area (Å²) >= 11 is 0. The molecule has 2 aliphatic carbocycles. The van der Waals surface area contributed by atoms with E-state index in [2.05, 4.69) is 0 Å². The van der Waals surface area contributed by atoms with Crippen LogP contribution in [0.1, 0.15) is 44.5 Å². The normalized spacial score (nSPS) is 29.1. The Hall–Kier alpha value is -3.12. The number of carbonyl (C=O) groups excluding carboxylic acids is 3. The van der Waals surface area contributed by atoms with Crippen molar-refractivity contribution in [1.29, 1.82) is 0 Å². The van der Waals surface area contributed by atoms with Crippen molar-refractivity contribution in [2.75, 3.05) is 0 Å². The molecule has 2 aromatic rings. The largest absolute Gasteiger partial charge is 0.456 e. The Morgan fingerprint density at radius 3 is 2.33 bits per heavy atom. The van der Waals surface area contributed by atoms with Gasteiger partial charge in [-0.25, -0.2) is 4.79 Å². The maximum absolute atomic E-state index is 14.1. The first kappa shape index (κ1) is 27.4. The minimum atomic E-state index is -5.86. The number of benzene rings is 2. The van der Waals surface area contributed by atoms with Gasteiger partial charge in [0.25, 0.3) is 0 Å². The molecule has 0 spiro atoms. The van der Waals surface area contributed by atoms with Gasteiger partial charge in [-0.3, -0.25) is 14.1 Å². The van der Waals surface area contributed by atoms with Gasteiger partial charge in [0.05, 0.1) is 23.4 Å². The lowest BCUT2D eigenvalue weighted by Gasteiger charge is -2.40. The molecule has 1 N–H and O–H groups in total. The fourth-order valence-electron chi connectivity index (χ4n) is 6.61. The third-order valence-corrected chi connectivity index (χ3v) is 9.22. The molecule has 7 unspecified atom stereocenters. The molecule has 2 bridgehead atoms. The van der Waals surface area contributed by atoms with Crippen LogP contribution in [0.4, 0.5) is 8.78 Å². The highest BCUT2D eigenvalue weighted by Gasteiger charge is 2.72. The molecule has 5 rings (SSSR count). The van der Waals surface area contributed by atoms with Gasteiger partial charge in [-0.15, -0.1) is 0 Å². The third-order valence-electron chi connectivity index (χ3n) is 8.21. The van der Waals surface area contributed by atoms with Gasteiger partial charge in [0.1, 0.15) is 6.10 Å². The second-order valence-electron chi connectivity index (χ2n) is 11.5. The summed E-state index contributed by atoms with van der Waals surface area (Å²) in [5, 5.41) is -3.00. The number of likely N-dealkylation sites (tertiary alicyclic amines) is 1. The molecule has 1 saturated heterocycles. The molecule has 1 aliphatic heterocycles. The molecule has 2 aromatic carbocycles. The lowest BCUT2D eigenvalue weighted by Crippen LogP contribution is -2.53. The van der Waals surface area contributed by atoms with Gasteiger partial charge in [-0.1, -0.05) is 30.3 Å². The van der Waals surface area contributed by atoms with E-state index in [1.54, 1.807) is 23.1 Å². The quantitative estimate of drug-likeness (QED) is 0.415. The summed E-state index contributed by atoms with van der Waals surface area (Å²) in [7, 11) is -5.86. The van der Waals surface area contributed by atoms with E-state index in [0.717, 1.165) is 10.8 Å².